The highest BCUT2D eigenvalue weighted by Crippen LogP contribution is 2.72. The van der Waals surface area contributed by atoms with Gasteiger partial charge in [0, 0.05) is 54.7 Å². The van der Waals surface area contributed by atoms with Gasteiger partial charge in [-0.1, -0.05) is 45.0 Å². The average molecular weight is 653 g/mol. The molecule has 8 nitrogen and oxygen atoms in total. The molecule has 9 heteroatoms. The molecule has 46 heavy (non-hydrogen) atoms. The molecule has 0 aromatic heterocycles. The summed E-state index contributed by atoms with van der Waals surface area (Å²) in [6, 6.07) is 10.7. The minimum Gasteiger partial charge on any atom is -0.393 e. The lowest BCUT2D eigenvalue weighted by Crippen LogP contribution is -2.54. The van der Waals surface area contributed by atoms with Crippen molar-refractivity contribution < 1.29 is 28.2 Å². The van der Waals surface area contributed by atoms with E-state index in [1.165, 1.54) is 0 Å². The molecule has 2 aromatic rings. The predicted octanol–water partition coefficient (Wildman–Crippen LogP) is 5.69. The molecule has 10 atom stereocenters. The smallest absolute Gasteiger partial charge is 0.264 e. The zero-order chi connectivity index (χ0) is 33.2. The second kappa shape index (κ2) is 11.9. The Balaban J connectivity index is 1.10. The minimum atomic E-state index is -4.04. The van der Waals surface area contributed by atoms with Crippen molar-refractivity contribution in [3.63, 3.8) is 0 Å². The van der Waals surface area contributed by atoms with Crippen molar-refractivity contribution in [1.82, 2.24) is 4.72 Å². The number of hydrogen-bond acceptors (Lipinski definition) is 7. The fourth-order valence-electron chi connectivity index (χ4n) is 11.3. The van der Waals surface area contributed by atoms with Gasteiger partial charge in [-0.05, 0) is 98.5 Å². The van der Waals surface area contributed by atoms with Crippen LogP contribution in [0, 0.1) is 46.3 Å². The number of amides is 1. The summed E-state index contributed by atoms with van der Waals surface area (Å²) in [6.45, 7) is 6.82. The lowest BCUT2D eigenvalue weighted by molar-refractivity contribution is -0.156. The Morgan fingerprint density at radius 3 is 2.48 bits per heavy atom. The topological polar surface area (TPSA) is 124 Å². The van der Waals surface area contributed by atoms with Crippen LogP contribution >= 0.6 is 0 Å². The van der Waals surface area contributed by atoms with Gasteiger partial charge in [0.05, 0.1) is 16.6 Å². The lowest BCUT2D eigenvalue weighted by Gasteiger charge is -2.52. The molecule has 1 amide bonds. The van der Waals surface area contributed by atoms with E-state index in [-0.39, 0.29) is 34.0 Å². The first kappa shape index (κ1) is 33.4. The number of aliphatic hydroxyl groups excluding tert-OH is 1. The Morgan fingerprint density at radius 2 is 1.76 bits per heavy atom. The number of fused-ring (bicyclic) bond motifs is 6. The fourth-order valence-corrected chi connectivity index (χ4v) is 12.5. The van der Waals surface area contributed by atoms with Crippen LogP contribution < -0.4 is 9.62 Å². The van der Waals surface area contributed by atoms with Crippen molar-refractivity contribution in [1.29, 1.82) is 0 Å². The van der Waals surface area contributed by atoms with Gasteiger partial charge in [-0.2, -0.15) is 0 Å². The van der Waals surface area contributed by atoms with Crippen molar-refractivity contribution in [2.24, 2.45) is 46.3 Å². The molecule has 0 spiro atoms. The van der Waals surface area contributed by atoms with Crippen molar-refractivity contribution >= 4 is 38.7 Å². The van der Waals surface area contributed by atoms with Gasteiger partial charge in [-0.3, -0.25) is 4.79 Å². The second-order valence-corrected chi connectivity index (χ2v) is 17.5. The van der Waals surface area contributed by atoms with Crippen LogP contribution in [0.25, 0.3) is 10.8 Å². The third-order valence-electron chi connectivity index (χ3n) is 13.5. The Hall–Kier alpha value is -2.49. The maximum atomic E-state index is 13.3. The van der Waals surface area contributed by atoms with Gasteiger partial charge < -0.3 is 19.9 Å². The molecule has 0 bridgehead atoms. The fraction of sp³-hybridized carbons (Fsp3) is 0.676. The van der Waals surface area contributed by atoms with Gasteiger partial charge in [0.1, 0.15) is 6.29 Å². The van der Waals surface area contributed by atoms with Crippen LogP contribution in [0.15, 0.2) is 41.3 Å². The summed E-state index contributed by atoms with van der Waals surface area (Å²) < 4.78 is 29.0. The van der Waals surface area contributed by atoms with Crippen LogP contribution in [0.1, 0.15) is 85.0 Å². The molecular weight excluding hydrogens is 600 g/mol. The highest BCUT2D eigenvalue weighted by molar-refractivity contribution is 7.90. The molecule has 4 aliphatic rings. The largest absolute Gasteiger partial charge is 0.393 e. The molecule has 0 radical (unpaired) electrons. The van der Waals surface area contributed by atoms with E-state index < -0.39 is 33.6 Å². The van der Waals surface area contributed by atoms with Crippen LogP contribution in [-0.2, 0) is 19.6 Å². The summed E-state index contributed by atoms with van der Waals surface area (Å²) in [4.78, 5) is 27.7. The van der Waals surface area contributed by atoms with Gasteiger partial charge in [-0.25, -0.2) is 13.1 Å². The summed E-state index contributed by atoms with van der Waals surface area (Å²) in [5.41, 5.74) is -0.540. The highest BCUT2D eigenvalue weighted by Gasteiger charge is 2.72. The number of rotatable bonds is 9. The highest BCUT2D eigenvalue weighted by atomic mass is 32.2. The molecule has 0 aliphatic heterocycles. The summed E-state index contributed by atoms with van der Waals surface area (Å²) >= 11 is 0. The number of carbonyl (C=O) groups is 2. The molecule has 0 saturated heterocycles. The van der Waals surface area contributed by atoms with Gasteiger partial charge >= 0.3 is 0 Å². The molecule has 252 valence electrons. The van der Waals surface area contributed by atoms with E-state index in [0.29, 0.717) is 42.4 Å². The normalized spacial score (nSPS) is 37.6. The van der Waals surface area contributed by atoms with E-state index >= 15 is 0 Å². The van der Waals surface area contributed by atoms with E-state index in [9.17, 15) is 28.2 Å². The van der Waals surface area contributed by atoms with Crippen molar-refractivity contribution in [3.8, 4) is 0 Å². The molecule has 0 heterocycles. The molecule has 4 saturated carbocycles. The van der Waals surface area contributed by atoms with Gasteiger partial charge in [0.25, 0.3) is 10.0 Å². The average Bonchev–Trinajstić information content (AvgIpc) is 3.44. The second-order valence-electron chi connectivity index (χ2n) is 15.8. The number of benzene rings is 2. The first-order chi connectivity index (χ1) is 21.7. The molecule has 3 N–H and O–H groups in total. The summed E-state index contributed by atoms with van der Waals surface area (Å²) in [5, 5.41) is 23.9. The molecule has 4 fully saturated rings. The summed E-state index contributed by atoms with van der Waals surface area (Å²) in [7, 11) is -0.219. The van der Waals surface area contributed by atoms with E-state index in [4.69, 9.17) is 0 Å². The van der Waals surface area contributed by atoms with Crippen LogP contribution in [0.5, 0.6) is 0 Å². The van der Waals surface area contributed by atoms with Crippen molar-refractivity contribution in [2.45, 2.75) is 102 Å². The quantitative estimate of drug-likeness (QED) is 0.298. The third-order valence-corrected chi connectivity index (χ3v) is 14.9. The number of nitrogens with one attached hydrogen (secondary N) is 1. The maximum Gasteiger partial charge on any atom is 0.264 e. The van der Waals surface area contributed by atoms with Crippen molar-refractivity contribution in [2.75, 3.05) is 19.0 Å². The number of hydrogen-bond donors (Lipinski definition) is 3. The number of carbonyl (C=O) groups excluding carboxylic acids is 2. The van der Waals surface area contributed by atoms with Crippen LogP contribution in [0.3, 0.4) is 0 Å². The first-order valence-electron chi connectivity index (χ1n) is 17.3. The van der Waals surface area contributed by atoms with Gasteiger partial charge in [0.2, 0.25) is 5.91 Å². The van der Waals surface area contributed by atoms with E-state index in [1.54, 1.807) is 18.2 Å². The maximum absolute atomic E-state index is 13.3. The van der Waals surface area contributed by atoms with E-state index in [2.05, 4.69) is 25.5 Å². The summed E-state index contributed by atoms with van der Waals surface area (Å²) in [6.07, 6.45) is 7.88. The van der Waals surface area contributed by atoms with Crippen molar-refractivity contribution in [3.05, 3.63) is 36.4 Å². The van der Waals surface area contributed by atoms with Gasteiger partial charge in [0.15, 0.2) is 0 Å². The number of aliphatic hydroxyl groups is 2. The predicted molar refractivity (Wildman–Crippen MR) is 180 cm³/mol. The van der Waals surface area contributed by atoms with Crippen LogP contribution in [0.2, 0.25) is 0 Å². The Bertz CT molecular complexity index is 1610. The Labute approximate surface area is 274 Å². The SMILES string of the molecule is C[C@H](CCCC(=O)NS(=O)(=O)c1cccc2c(N(C)C)cccc12)[C@H]1CCC2C3C(CC[C@@]21C)[C@@]1(C)CC[C@H](O)C[C@@]1(O)[C@@H]3C=O. The van der Waals surface area contributed by atoms with E-state index in [0.717, 1.165) is 55.9 Å². The molecule has 3 unspecified atom stereocenters. The number of nitrogens with zero attached hydrogens (tertiary/aromatic N) is 1. The molecular formula is C37H52N2O6S. The van der Waals surface area contributed by atoms with E-state index in [1.807, 2.05) is 37.2 Å². The Kier molecular flexibility index (Phi) is 8.63. The monoisotopic (exact) mass is 652 g/mol. The Morgan fingerprint density at radius 1 is 1.04 bits per heavy atom. The zero-order valence-corrected chi connectivity index (χ0v) is 28.9. The van der Waals surface area contributed by atoms with Crippen LogP contribution in [0.4, 0.5) is 5.69 Å². The molecule has 6 rings (SSSR count). The van der Waals surface area contributed by atoms with Crippen LogP contribution in [-0.4, -0.2) is 56.6 Å². The molecule has 2 aromatic carbocycles. The zero-order valence-electron chi connectivity index (χ0n) is 28.0. The number of anilines is 1. The first-order valence-corrected chi connectivity index (χ1v) is 18.8. The standard InChI is InChI=1S/C37H52N2O6S/c1-23(9-6-14-33(42)38-46(44,45)32-13-8-10-25-26(32)11-7-12-31(25)39(4)5)27-15-16-28-34-29(18-19-35(27,28)2)36(3)20-17-24(41)21-37(36,43)30(34)22-40/h7-8,10-13,22-24,27-30,34,41,43H,6,9,14-21H2,1-5H3,(H,38,42)/t23-,24+,27-,28?,29?,30-,34?,35-,36-,37-/m1/s1. The van der Waals surface area contributed by atoms with Gasteiger partial charge in [-0.15, -0.1) is 0 Å². The summed E-state index contributed by atoms with van der Waals surface area (Å²) in [5.74, 6) is 0.613. The lowest BCUT2D eigenvalue weighted by atomic mass is 9.53. The minimum absolute atomic E-state index is 0.0477. The third kappa shape index (κ3) is 5.11. The number of aldehydes is 1. The molecule has 4 aliphatic carbocycles. The number of sulfonamides is 1.